The minimum Gasteiger partial charge on any atom is -0.480 e. The van der Waals surface area contributed by atoms with Gasteiger partial charge in [0.15, 0.2) is 5.65 Å². The third kappa shape index (κ3) is 3.34. The molecule has 0 saturated heterocycles. The fraction of sp³-hybridized carbons (Fsp3) is 0.190. The van der Waals surface area contributed by atoms with E-state index < -0.39 is 0 Å². The summed E-state index contributed by atoms with van der Waals surface area (Å²) in [4.78, 5) is 17.2. The second kappa shape index (κ2) is 7.86. The first-order valence-electron chi connectivity index (χ1n) is 9.18. The predicted molar refractivity (Wildman–Crippen MR) is 113 cm³/mol. The third-order valence-electron chi connectivity index (χ3n) is 4.83. The molecular formula is C21H20FN7O. The summed E-state index contributed by atoms with van der Waals surface area (Å²) in [6.45, 7) is 5.93. The van der Waals surface area contributed by atoms with Gasteiger partial charge in [-0.2, -0.15) is 5.10 Å². The number of rotatable bonds is 5. The van der Waals surface area contributed by atoms with Crippen molar-refractivity contribution in [2.75, 3.05) is 14.2 Å². The standard InChI is InChI=1S/C21H20FN7O/c1-13-27-20-18(28(13)12-14-7-16(22)11-25-9-14)8-15(10-26-20)17-5-6-29(24-3)19(17)21(23-2)30-4/h5-11H,3,12H2,1-2,4H3. The number of nitrogens with zero attached hydrogens (tertiary/aromatic N) is 7. The van der Waals surface area contributed by atoms with Crippen molar-refractivity contribution in [3.63, 3.8) is 0 Å². The number of pyridine rings is 2. The lowest BCUT2D eigenvalue weighted by Crippen LogP contribution is -2.10. The maximum atomic E-state index is 13.6. The van der Waals surface area contributed by atoms with E-state index in [1.807, 2.05) is 23.6 Å². The van der Waals surface area contributed by atoms with Crippen molar-refractivity contribution < 1.29 is 9.13 Å². The molecule has 0 aliphatic carbocycles. The van der Waals surface area contributed by atoms with E-state index in [1.165, 1.54) is 12.3 Å². The first kappa shape index (κ1) is 19.4. The van der Waals surface area contributed by atoms with E-state index in [0.29, 0.717) is 23.8 Å². The normalized spacial score (nSPS) is 11.8. The first-order chi connectivity index (χ1) is 14.5. The van der Waals surface area contributed by atoms with Crippen molar-refractivity contribution in [3.8, 4) is 11.1 Å². The molecule has 4 heterocycles. The molecule has 0 spiro atoms. The van der Waals surface area contributed by atoms with Gasteiger partial charge in [-0.05, 0) is 30.7 Å². The number of aromatic nitrogens is 5. The summed E-state index contributed by atoms with van der Waals surface area (Å²) < 4.78 is 22.6. The summed E-state index contributed by atoms with van der Waals surface area (Å²) in [6, 6.07) is 5.36. The Morgan fingerprint density at radius 2 is 2.10 bits per heavy atom. The number of methoxy groups -OCH3 is 1. The van der Waals surface area contributed by atoms with Gasteiger partial charge in [0.1, 0.15) is 17.3 Å². The van der Waals surface area contributed by atoms with Crippen LogP contribution in [0.1, 0.15) is 17.1 Å². The zero-order chi connectivity index (χ0) is 21.3. The van der Waals surface area contributed by atoms with Gasteiger partial charge in [0.25, 0.3) is 0 Å². The molecule has 4 rings (SSSR count). The minimum absolute atomic E-state index is 0.373. The number of ether oxygens (including phenoxy) is 1. The Balaban J connectivity index is 1.85. The van der Waals surface area contributed by atoms with Crippen LogP contribution >= 0.6 is 0 Å². The van der Waals surface area contributed by atoms with Crippen LogP contribution < -0.4 is 0 Å². The van der Waals surface area contributed by atoms with Crippen molar-refractivity contribution in [1.29, 1.82) is 0 Å². The van der Waals surface area contributed by atoms with Crippen LogP contribution in [0.5, 0.6) is 0 Å². The van der Waals surface area contributed by atoms with Gasteiger partial charge in [-0.15, -0.1) is 0 Å². The summed E-state index contributed by atoms with van der Waals surface area (Å²) in [5.74, 6) is 0.831. The van der Waals surface area contributed by atoms with Crippen molar-refractivity contribution >= 4 is 23.8 Å². The van der Waals surface area contributed by atoms with Crippen LogP contribution in [-0.4, -0.2) is 51.0 Å². The molecule has 0 unspecified atom stereocenters. The summed E-state index contributed by atoms with van der Waals surface area (Å²) in [5, 5.41) is 4.01. The number of aryl methyl sites for hydroxylation is 1. The number of hydrogen-bond acceptors (Lipinski definition) is 6. The number of fused-ring (bicyclic) bond motifs is 1. The van der Waals surface area contributed by atoms with Gasteiger partial charge in [-0.1, -0.05) is 0 Å². The Kier molecular flexibility index (Phi) is 5.09. The zero-order valence-corrected chi connectivity index (χ0v) is 16.9. The van der Waals surface area contributed by atoms with E-state index in [4.69, 9.17) is 4.74 Å². The van der Waals surface area contributed by atoms with Crippen LogP contribution in [0.15, 0.2) is 53.1 Å². The molecule has 0 bridgehead atoms. The number of aliphatic imine (C=N–C) groups is 1. The van der Waals surface area contributed by atoms with E-state index in [-0.39, 0.29) is 5.82 Å². The first-order valence-corrected chi connectivity index (χ1v) is 9.18. The third-order valence-corrected chi connectivity index (χ3v) is 4.83. The van der Waals surface area contributed by atoms with E-state index in [9.17, 15) is 4.39 Å². The summed E-state index contributed by atoms with van der Waals surface area (Å²) in [6.07, 6.45) is 6.36. The van der Waals surface area contributed by atoms with E-state index in [1.54, 1.807) is 37.4 Å². The van der Waals surface area contributed by atoms with Gasteiger partial charge in [-0.3, -0.25) is 9.98 Å². The molecule has 4 aromatic rings. The minimum atomic E-state index is -0.373. The predicted octanol–water partition coefficient (Wildman–Crippen LogP) is 3.28. The Labute approximate surface area is 172 Å². The second-order valence-electron chi connectivity index (χ2n) is 6.62. The zero-order valence-electron chi connectivity index (χ0n) is 16.9. The molecule has 0 radical (unpaired) electrons. The van der Waals surface area contributed by atoms with Crippen LogP contribution in [-0.2, 0) is 11.3 Å². The van der Waals surface area contributed by atoms with Crippen LogP contribution in [0.2, 0.25) is 0 Å². The van der Waals surface area contributed by atoms with E-state index >= 15 is 0 Å². The molecule has 0 amide bonds. The van der Waals surface area contributed by atoms with Gasteiger partial charge < -0.3 is 9.30 Å². The lowest BCUT2D eigenvalue weighted by Gasteiger charge is -2.10. The smallest absolute Gasteiger partial charge is 0.235 e. The highest BCUT2D eigenvalue weighted by Gasteiger charge is 2.19. The number of imidazole rings is 1. The molecule has 0 N–H and O–H groups in total. The van der Waals surface area contributed by atoms with Gasteiger partial charge in [0.2, 0.25) is 5.90 Å². The molecule has 0 fully saturated rings. The topological polar surface area (TPSA) is 82.5 Å². The molecule has 0 atom stereocenters. The molecule has 0 aliphatic rings. The van der Waals surface area contributed by atoms with Crippen LogP contribution in [0.4, 0.5) is 4.39 Å². The summed E-state index contributed by atoms with van der Waals surface area (Å²) >= 11 is 0. The van der Waals surface area contributed by atoms with Gasteiger partial charge in [0.05, 0.1) is 25.4 Å². The van der Waals surface area contributed by atoms with Gasteiger partial charge in [-0.25, -0.2) is 19.0 Å². The van der Waals surface area contributed by atoms with Crippen molar-refractivity contribution in [2.24, 2.45) is 10.1 Å². The van der Waals surface area contributed by atoms with Crippen molar-refractivity contribution in [2.45, 2.75) is 13.5 Å². The fourth-order valence-electron chi connectivity index (χ4n) is 3.47. The van der Waals surface area contributed by atoms with Crippen LogP contribution in [0.3, 0.4) is 0 Å². The van der Waals surface area contributed by atoms with Crippen molar-refractivity contribution in [3.05, 3.63) is 65.9 Å². The van der Waals surface area contributed by atoms with E-state index in [2.05, 4.69) is 31.8 Å². The molecular weight excluding hydrogens is 385 g/mol. The maximum absolute atomic E-state index is 13.6. The molecule has 0 saturated carbocycles. The van der Waals surface area contributed by atoms with Crippen LogP contribution in [0.25, 0.3) is 22.3 Å². The number of halogens is 1. The maximum Gasteiger partial charge on any atom is 0.235 e. The summed E-state index contributed by atoms with van der Waals surface area (Å²) in [5.41, 5.74) is 4.54. The molecule has 0 aromatic carbocycles. The monoisotopic (exact) mass is 405 g/mol. The average molecular weight is 405 g/mol. The fourth-order valence-corrected chi connectivity index (χ4v) is 3.47. The lowest BCUT2D eigenvalue weighted by atomic mass is 10.1. The van der Waals surface area contributed by atoms with E-state index in [0.717, 1.165) is 28.0 Å². The Morgan fingerprint density at radius 3 is 2.80 bits per heavy atom. The Morgan fingerprint density at radius 1 is 1.27 bits per heavy atom. The average Bonchev–Trinajstić information content (AvgIpc) is 3.30. The quantitative estimate of drug-likeness (QED) is 0.377. The summed E-state index contributed by atoms with van der Waals surface area (Å²) in [7, 11) is 3.20. The van der Waals surface area contributed by atoms with Crippen LogP contribution in [0, 0.1) is 12.7 Å². The Hall–Kier alpha value is -3.88. The lowest BCUT2D eigenvalue weighted by molar-refractivity contribution is 0.401. The van der Waals surface area contributed by atoms with Crippen molar-refractivity contribution in [1.82, 2.24) is 24.2 Å². The molecule has 9 heteroatoms. The molecule has 8 nitrogen and oxygen atoms in total. The highest BCUT2D eigenvalue weighted by Crippen LogP contribution is 2.28. The molecule has 30 heavy (non-hydrogen) atoms. The second-order valence-corrected chi connectivity index (χ2v) is 6.62. The largest absolute Gasteiger partial charge is 0.480 e. The van der Waals surface area contributed by atoms with Gasteiger partial charge >= 0.3 is 0 Å². The Bertz CT molecular complexity index is 1270. The molecule has 152 valence electrons. The molecule has 4 aromatic heterocycles. The number of hydrogen-bond donors (Lipinski definition) is 0. The van der Waals surface area contributed by atoms with Gasteiger partial charge in [0, 0.05) is 43.5 Å². The SMILES string of the molecule is C=Nn1ccc(-c2cnc3nc(C)n(Cc4cncc(F)c4)c3c2)c1C(=NC)OC. The highest BCUT2D eigenvalue weighted by atomic mass is 19.1. The molecule has 0 aliphatic heterocycles. The highest BCUT2D eigenvalue weighted by molar-refractivity contribution is 6.00.